The molecule has 2 saturated heterocycles. The van der Waals surface area contributed by atoms with Crippen LogP contribution in [0.15, 0.2) is 33.9 Å². The molecule has 8 rings (SSSR count). The van der Waals surface area contributed by atoms with Crippen molar-refractivity contribution in [3.63, 3.8) is 0 Å². The lowest BCUT2D eigenvalue weighted by Gasteiger charge is -2.30. The van der Waals surface area contributed by atoms with Gasteiger partial charge in [0, 0.05) is 88.1 Å². The largest absolute Gasteiger partial charge is 0.477 e. The molecule has 0 bridgehead atoms. The molecule has 4 heterocycles. The molecule has 4 aliphatic rings. The van der Waals surface area contributed by atoms with Crippen molar-refractivity contribution in [3.8, 4) is 0 Å². The van der Waals surface area contributed by atoms with Crippen LogP contribution < -0.4 is 31.3 Å². The first kappa shape index (κ1) is 35.5. The highest BCUT2D eigenvalue weighted by Gasteiger charge is 2.37. The number of Topliss-reactive ketones (excluding diaryl/α,β-unsaturated/α-hetero) is 2. The lowest BCUT2D eigenvalue weighted by atomic mass is 9.97. The number of carboxylic acid groups (broad SMARTS) is 2. The Hall–Kier alpha value is -5.48. The van der Waals surface area contributed by atoms with Gasteiger partial charge in [-0.15, -0.1) is 0 Å². The summed E-state index contributed by atoms with van der Waals surface area (Å²) >= 11 is 0. The summed E-state index contributed by atoms with van der Waals surface area (Å²) in [6, 6.07) is 4.27. The van der Waals surface area contributed by atoms with Crippen molar-refractivity contribution in [1.82, 2.24) is 19.8 Å². The van der Waals surface area contributed by atoms with Crippen LogP contribution in [0.2, 0.25) is 0 Å². The third-order valence-corrected chi connectivity index (χ3v) is 10.8. The number of rotatable bonds is 11. The topological polar surface area (TPSA) is 183 Å². The second kappa shape index (κ2) is 13.7. The van der Waals surface area contributed by atoms with E-state index in [-0.39, 0.29) is 45.3 Å². The number of fused-ring (bicyclic) bond motifs is 2. The van der Waals surface area contributed by atoms with Gasteiger partial charge in [-0.25, -0.2) is 18.4 Å². The smallest absolute Gasteiger partial charge is 0.342 e. The molecule has 2 aliphatic heterocycles. The molecule has 4 fully saturated rings. The Morgan fingerprint density at radius 3 is 1.28 bits per heavy atom. The monoisotopic (exact) mass is 744 g/mol. The van der Waals surface area contributed by atoms with Crippen LogP contribution in [-0.2, 0) is 0 Å². The summed E-state index contributed by atoms with van der Waals surface area (Å²) in [6.07, 6.45) is 1.04. The Morgan fingerprint density at radius 1 is 0.611 bits per heavy atom. The van der Waals surface area contributed by atoms with Crippen molar-refractivity contribution in [2.45, 2.75) is 50.6 Å². The normalized spacial score (nSPS) is 17.7. The Bertz CT molecular complexity index is 2240. The minimum Gasteiger partial charge on any atom is -0.477 e. The van der Waals surface area contributed by atoms with Crippen molar-refractivity contribution in [3.05, 3.63) is 78.9 Å². The maximum atomic E-state index is 15.5. The average Bonchev–Trinajstić information content (AvgIpc) is 4.10. The molecule has 0 spiro atoms. The van der Waals surface area contributed by atoms with Crippen molar-refractivity contribution in [2.75, 3.05) is 62.2 Å². The van der Waals surface area contributed by atoms with E-state index in [1.54, 1.807) is 0 Å². The number of hydrogen-bond acceptors (Lipinski definition) is 10. The molecule has 16 heteroatoms. The quantitative estimate of drug-likeness (QED) is 0.165. The number of anilines is 2. The first-order valence-corrected chi connectivity index (χ1v) is 18.2. The fourth-order valence-electron chi connectivity index (χ4n) is 7.96. The van der Waals surface area contributed by atoms with Crippen LogP contribution in [0, 0.1) is 11.6 Å². The Labute approximate surface area is 305 Å². The number of benzene rings is 2. The predicted molar refractivity (Wildman–Crippen MR) is 195 cm³/mol. The zero-order chi connectivity index (χ0) is 38.0. The minimum atomic E-state index is -1.68. The van der Waals surface area contributed by atoms with Crippen LogP contribution >= 0.6 is 0 Å². The maximum absolute atomic E-state index is 15.5. The van der Waals surface area contributed by atoms with Gasteiger partial charge in [-0.1, -0.05) is 0 Å². The van der Waals surface area contributed by atoms with E-state index in [0.717, 1.165) is 12.1 Å². The van der Waals surface area contributed by atoms with Gasteiger partial charge in [-0.3, -0.25) is 19.2 Å². The van der Waals surface area contributed by atoms with Crippen LogP contribution in [0.1, 0.15) is 92.3 Å². The number of aromatic nitrogens is 2. The van der Waals surface area contributed by atoms with E-state index >= 15 is 8.78 Å². The summed E-state index contributed by atoms with van der Waals surface area (Å²) in [7, 11) is 0. The molecule has 282 valence electrons. The lowest BCUT2D eigenvalue weighted by molar-refractivity contribution is 0.0679. The van der Waals surface area contributed by atoms with Gasteiger partial charge in [0.05, 0.1) is 22.4 Å². The zero-order valence-corrected chi connectivity index (χ0v) is 29.3. The maximum Gasteiger partial charge on any atom is 0.342 e. The summed E-state index contributed by atoms with van der Waals surface area (Å²) in [6.45, 7) is 4.37. The predicted octanol–water partition coefficient (Wildman–Crippen LogP) is 3.33. The highest BCUT2D eigenvalue weighted by molar-refractivity contribution is 6.11. The van der Waals surface area contributed by atoms with Crippen molar-refractivity contribution < 1.29 is 38.2 Å². The molecule has 2 aromatic heterocycles. The summed E-state index contributed by atoms with van der Waals surface area (Å²) in [5.41, 5.74) is -3.74. The van der Waals surface area contributed by atoms with Crippen LogP contribution in [-0.4, -0.2) is 95.2 Å². The standard InChI is InChI=1S/C38H38F2N6O8/c39-23-15-21-25(17-27(23)43-11-7-41-8-12-43)45(19-1-2-19)33(31(35(21)49)37(51)52)29(47)5-6-30(48)34-32(38(53)54)36(50)22-16-24(40)28(44-13-9-42-10-14-44)18-26(22)46(34)20-3-4-20/h15-20,41-42H,1-14H2,(H,51,52)(H,53,54). The highest BCUT2D eigenvalue weighted by atomic mass is 19.1. The summed E-state index contributed by atoms with van der Waals surface area (Å²) in [4.78, 5) is 84.7. The van der Waals surface area contributed by atoms with Gasteiger partial charge < -0.3 is 39.8 Å². The van der Waals surface area contributed by atoms with E-state index in [1.165, 1.54) is 21.3 Å². The van der Waals surface area contributed by atoms with Crippen LogP contribution in [0.5, 0.6) is 0 Å². The fraction of sp³-hybridized carbons (Fsp3) is 0.421. The number of hydrogen-bond donors (Lipinski definition) is 4. The van der Waals surface area contributed by atoms with Gasteiger partial charge in [-0.05, 0) is 49.9 Å². The van der Waals surface area contributed by atoms with Gasteiger partial charge in [-0.2, -0.15) is 0 Å². The van der Waals surface area contributed by atoms with E-state index in [0.29, 0.717) is 78.0 Å². The number of piperazine rings is 2. The summed E-state index contributed by atoms with van der Waals surface area (Å²) in [5, 5.41) is 26.5. The Kier molecular flexibility index (Phi) is 9.04. The second-order valence-electron chi connectivity index (χ2n) is 14.4. The molecule has 0 radical (unpaired) electrons. The van der Waals surface area contributed by atoms with Crippen molar-refractivity contribution in [2.24, 2.45) is 0 Å². The second-order valence-corrected chi connectivity index (χ2v) is 14.4. The molecule has 2 saturated carbocycles. The molecule has 2 aliphatic carbocycles. The molecule has 0 unspecified atom stereocenters. The Balaban J connectivity index is 1.22. The first-order chi connectivity index (χ1) is 26.0. The van der Waals surface area contributed by atoms with E-state index in [4.69, 9.17) is 0 Å². The van der Waals surface area contributed by atoms with E-state index in [9.17, 15) is 39.0 Å². The fourth-order valence-corrected chi connectivity index (χ4v) is 7.96. The minimum absolute atomic E-state index is 0.185. The molecule has 2 aromatic carbocycles. The average molecular weight is 745 g/mol. The summed E-state index contributed by atoms with van der Waals surface area (Å²) in [5.74, 6) is -6.45. The molecule has 4 aromatic rings. The van der Waals surface area contributed by atoms with Gasteiger partial charge in [0.1, 0.15) is 34.1 Å². The third-order valence-electron chi connectivity index (χ3n) is 10.8. The van der Waals surface area contributed by atoms with E-state index < -0.39 is 81.4 Å². The molecular weight excluding hydrogens is 706 g/mol. The van der Waals surface area contributed by atoms with Crippen LogP contribution in [0.25, 0.3) is 21.8 Å². The first-order valence-electron chi connectivity index (χ1n) is 18.2. The van der Waals surface area contributed by atoms with Gasteiger partial charge in [0.2, 0.25) is 10.9 Å². The van der Waals surface area contributed by atoms with Crippen molar-refractivity contribution in [1.29, 1.82) is 0 Å². The number of carbonyl (C=O) groups excluding carboxylic acids is 2. The SMILES string of the molecule is O=C(O)c1c(C(=O)CCC(=O)c2c(C(=O)O)c(=O)c3cc(F)c(N4CCNCC4)cc3n2C2CC2)n(C2CC2)c2cc(N3CCNCC3)c(F)cc2c1=O. The van der Waals surface area contributed by atoms with Gasteiger partial charge in [0.25, 0.3) is 0 Å². The Morgan fingerprint density at radius 2 is 0.963 bits per heavy atom. The molecule has 4 N–H and O–H groups in total. The number of nitrogens with one attached hydrogen (secondary N) is 2. The number of ketones is 2. The van der Waals surface area contributed by atoms with Gasteiger partial charge in [0.15, 0.2) is 11.6 Å². The van der Waals surface area contributed by atoms with Gasteiger partial charge >= 0.3 is 11.9 Å². The summed E-state index contributed by atoms with van der Waals surface area (Å²) < 4.78 is 33.9. The number of aromatic carboxylic acids is 2. The molecular formula is C38H38F2N6O8. The number of pyridine rings is 2. The number of halogens is 2. The zero-order valence-electron chi connectivity index (χ0n) is 29.3. The molecule has 14 nitrogen and oxygen atoms in total. The molecule has 0 atom stereocenters. The lowest BCUT2D eigenvalue weighted by Crippen LogP contribution is -2.44. The molecule has 0 amide bonds. The van der Waals surface area contributed by atoms with Crippen molar-refractivity contribution >= 4 is 56.7 Å². The molecule has 54 heavy (non-hydrogen) atoms. The van der Waals surface area contributed by atoms with Crippen LogP contribution in [0.4, 0.5) is 20.2 Å². The van der Waals surface area contributed by atoms with Crippen LogP contribution in [0.3, 0.4) is 0 Å². The number of nitrogens with zero attached hydrogens (tertiary/aromatic N) is 4. The number of carboxylic acids is 2. The van der Waals surface area contributed by atoms with E-state index in [2.05, 4.69) is 10.6 Å². The third kappa shape index (κ3) is 6.12. The highest BCUT2D eigenvalue weighted by Crippen LogP contribution is 2.42. The van der Waals surface area contributed by atoms with E-state index in [1.807, 2.05) is 9.80 Å². The number of carbonyl (C=O) groups is 4.